The molecule has 4 nitrogen and oxygen atoms in total. The second-order valence-corrected chi connectivity index (χ2v) is 8.37. The van der Waals surface area contributed by atoms with Crippen LogP contribution in [0.4, 0.5) is 0 Å². The Bertz CT molecular complexity index is 399. The lowest BCUT2D eigenvalue weighted by molar-refractivity contribution is -0.909. The minimum atomic E-state index is 0.152. The van der Waals surface area contributed by atoms with Gasteiger partial charge < -0.3 is 8.97 Å². The molecule has 0 aromatic heterocycles. The van der Waals surface area contributed by atoms with Gasteiger partial charge >= 0.3 is 0 Å². The van der Waals surface area contributed by atoms with E-state index in [4.69, 9.17) is 0 Å². The van der Waals surface area contributed by atoms with Gasteiger partial charge in [-0.2, -0.15) is 0 Å². The summed E-state index contributed by atoms with van der Waals surface area (Å²) in [4.78, 5) is 22.5. The van der Waals surface area contributed by atoms with Crippen LogP contribution in [0.25, 0.3) is 0 Å². The van der Waals surface area contributed by atoms with Gasteiger partial charge in [-0.3, -0.25) is 9.59 Å². The third-order valence-corrected chi connectivity index (χ3v) is 4.86. The van der Waals surface area contributed by atoms with Crippen LogP contribution in [0.3, 0.4) is 0 Å². The van der Waals surface area contributed by atoms with Crippen molar-refractivity contribution < 1.29 is 18.6 Å². The van der Waals surface area contributed by atoms with Crippen LogP contribution in [-0.4, -0.2) is 74.9 Å². The fraction of sp³-hybridized carbons (Fsp3) is 0.714. The number of unbranched alkanes of at least 4 members (excludes halogenated alkanes) is 2. The molecular formula is C21H40N2O2+2. The van der Waals surface area contributed by atoms with E-state index in [0.29, 0.717) is 12.8 Å². The zero-order valence-electron chi connectivity index (χ0n) is 17.1. The van der Waals surface area contributed by atoms with Gasteiger partial charge in [0, 0.05) is 19.3 Å². The van der Waals surface area contributed by atoms with E-state index >= 15 is 0 Å². The molecular weight excluding hydrogens is 312 g/mol. The third-order valence-electron chi connectivity index (χ3n) is 4.86. The average molecular weight is 353 g/mol. The molecule has 0 radical (unpaired) electrons. The van der Waals surface area contributed by atoms with Gasteiger partial charge in [-0.15, -0.1) is 0 Å². The Labute approximate surface area is 155 Å². The van der Waals surface area contributed by atoms with Crippen molar-refractivity contribution >= 4 is 11.6 Å². The molecule has 0 bridgehead atoms. The summed E-state index contributed by atoms with van der Waals surface area (Å²) in [6.07, 6.45) is 9.38. The predicted molar refractivity (Wildman–Crippen MR) is 106 cm³/mol. The highest BCUT2D eigenvalue weighted by Gasteiger charge is 2.19. The highest BCUT2D eigenvalue weighted by Crippen LogP contribution is 2.10. The fourth-order valence-corrected chi connectivity index (χ4v) is 3.03. The predicted octanol–water partition coefficient (Wildman–Crippen LogP) is 3.38. The number of hydrogen-bond donors (Lipinski definition) is 0. The highest BCUT2D eigenvalue weighted by molar-refractivity contribution is 5.89. The summed E-state index contributed by atoms with van der Waals surface area (Å²) in [5, 5.41) is 0. The second kappa shape index (κ2) is 12.2. The minimum absolute atomic E-state index is 0.152. The molecule has 0 aliphatic heterocycles. The van der Waals surface area contributed by atoms with Gasteiger partial charge in [-0.1, -0.05) is 13.2 Å². The molecule has 4 heteroatoms. The molecule has 0 N–H and O–H groups in total. The van der Waals surface area contributed by atoms with Crippen molar-refractivity contribution in [3.8, 4) is 0 Å². The molecule has 0 aromatic rings. The summed E-state index contributed by atoms with van der Waals surface area (Å²) >= 11 is 0. The standard InChI is InChI=1S/C21H40N2O2/c1-7-20(24)14-9-11-16-22(3,4)18-13-19-23(5,6)17-12-10-15-21(25)8-2/h7-8H,1-2,9-19H2,3-6H3/q+2. The molecule has 0 saturated heterocycles. The fourth-order valence-electron chi connectivity index (χ4n) is 3.03. The number of ketones is 2. The summed E-state index contributed by atoms with van der Waals surface area (Å²) in [5.74, 6) is 0.304. The first-order chi connectivity index (χ1) is 11.6. The zero-order valence-corrected chi connectivity index (χ0v) is 17.1. The van der Waals surface area contributed by atoms with Crippen LogP contribution in [0.2, 0.25) is 0 Å². The molecule has 0 aliphatic rings. The number of nitrogens with zero attached hydrogens (tertiary/aromatic N) is 2. The maximum Gasteiger partial charge on any atom is 0.155 e. The van der Waals surface area contributed by atoms with Crippen molar-refractivity contribution in [2.45, 2.75) is 44.9 Å². The molecule has 0 unspecified atom stereocenters. The summed E-state index contributed by atoms with van der Waals surface area (Å²) in [7, 11) is 9.10. The minimum Gasteiger partial charge on any atom is -0.328 e. The van der Waals surface area contributed by atoms with Gasteiger partial charge in [-0.25, -0.2) is 0 Å². The van der Waals surface area contributed by atoms with Crippen LogP contribution in [0.1, 0.15) is 44.9 Å². The first kappa shape index (κ1) is 23.7. The smallest absolute Gasteiger partial charge is 0.155 e. The van der Waals surface area contributed by atoms with Crippen molar-refractivity contribution in [3.05, 3.63) is 25.3 Å². The lowest BCUT2D eigenvalue weighted by Gasteiger charge is -2.33. The Balaban J connectivity index is 3.92. The molecule has 144 valence electrons. The van der Waals surface area contributed by atoms with Gasteiger partial charge in [0.1, 0.15) is 0 Å². The van der Waals surface area contributed by atoms with Crippen molar-refractivity contribution in [2.24, 2.45) is 0 Å². The molecule has 0 spiro atoms. The van der Waals surface area contributed by atoms with Crippen LogP contribution < -0.4 is 0 Å². The molecule has 0 atom stereocenters. The van der Waals surface area contributed by atoms with E-state index in [-0.39, 0.29) is 11.6 Å². The summed E-state index contributed by atoms with van der Waals surface area (Å²) in [6, 6.07) is 0. The molecule has 0 amide bonds. The topological polar surface area (TPSA) is 34.1 Å². The number of carbonyl (C=O) groups excluding carboxylic acids is 2. The van der Waals surface area contributed by atoms with E-state index in [0.717, 1.165) is 60.8 Å². The molecule has 0 saturated carbocycles. The van der Waals surface area contributed by atoms with E-state index in [9.17, 15) is 9.59 Å². The Hall–Kier alpha value is -1.26. The van der Waals surface area contributed by atoms with E-state index in [2.05, 4.69) is 41.3 Å². The Morgan fingerprint density at radius 2 is 0.960 bits per heavy atom. The Kier molecular flexibility index (Phi) is 11.5. The molecule has 0 heterocycles. The average Bonchev–Trinajstić information content (AvgIpc) is 2.54. The quantitative estimate of drug-likeness (QED) is 0.242. The first-order valence-corrected chi connectivity index (χ1v) is 9.56. The largest absolute Gasteiger partial charge is 0.328 e. The van der Waals surface area contributed by atoms with Gasteiger partial charge in [0.2, 0.25) is 0 Å². The summed E-state index contributed by atoms with van der Waals surface area (Å²) < 4.78 is 2.02. The zero-order chi connectivity index (χ0) is 19.3. The first-order valence-electron chi connectivity index (χ1n) is 9.56. The van der Waals surface area contributed by atoms with Crippen molar-refractivity contribution in [3.63, 3.8) is 0 Å². The van der Waals surface area contributed by atoms with E-state index in [1.165, 1.54) is 18.6 Å². The van der Waals surface area contributed by atoms with Gasteiger partial charge in [0.15, 0.2) is 11.6 Å². The number of allylic oxidation sites excluding steroid dienone is 2. The maximum atomic E-state index is 11.2. The molecule has 0 aromatic carbocycles. The Morgan fingerprint density at radius 3 is 1.28 bits per heavy atom. The van der Waals surface area contributed by atoms with Gasteiger partial charge in [0.25, 0.3) is 0 Å². The van der Waals surface area contributed by atoms with Crippen LogP contribution in [0, 0.1) is 0 Å². The van der Waals surface area contributed by atoms with E-state index in [1.54, 1.807) is 0 Å². The van der Waals surface area contributed by atoms with E-state index < -0.39 is 0 Å². The summed E-state index contributed by atoms with van der Waals surface area (Å²) in [5.41, 5.74) is 0. The normalized spacial score (nSPS) is 12.0. The van der Waals surface area contributed by atoms with Crippen molar-refractivity contribution in [1.82, 2.24) is 0 Å². The van der Waals surface area contributed by atoms with Crippen LogP contribution >= 0.6 is 0 Å². The molecule has 25 heavy (non-hydrogen) atoms. The third kappa shape index (κ3) is 13.7. The van der Waals surface area contributed by atoms with Crippen LogP contribution in [-0.2, 0) is 9.59 Å². The van der Waals surface area contributed by atoms with Crippen LogP contribution in [0.15, 0.2) is 25.3 Å². The summed E-state index contributed by atoms with van der Waals surface area (Å²) in [6.45, 7) is 11.6. The molecule has 0 aliphatic carbocycles. The van der Waals surface area contributed by atoms with Gasteiger partial charge in [0.05, 0.1) is 54.4 Å². The highest BCUT2D eigenvalue weighted by atomic mass is 16.1. The molecule has 0 rings (SSSR count). The monoisotopic (exact) mass is 352 g/mol. The number of carbonyl (C=O) groups is 2. The number of quaternary nitrogens is 2. The lowest BCUT2D eigenvalue weighted by Crippen LogP contribution is -2.46. The van der Waals surface area contributed by atoms with Crippen LogP contribution in [0.5, 0.6) is 0 Å². The van der Waals surface area contributed by atoms with Gasteiger partial charge in [-0.05, 0) is 37.8 Å². The SMILES string of the molecule is C=CC(=O)CCCC[N+](C)(C)CCC[N+](C)(C)CCCCC(=O)C=C. The molecule has 0 fully saturated rings. The number of rotatable bonds is 16. The second-order valence-electron chi connectivity index (χ2n) is 8.37. The Morgan fingerprint density at radius 1 is 0.640 bits per heavy atom. The van der Waals surface area contributed by atoms with Crippen molar-refractivity contribution in [1.29, 1.82) is 0 Å². The lowest BCUT2D eigenvalue weighted by atomic mass is 10.1. The maximum absolute atomic E-state index is 11.2. The number of hydrogen-bond acceptors (Lipinski definition) is 2. The van der Waals surface area contributed by atoms with Crippen molar-refractivity contribution in [2.75, 3.05) is 54.4 Å². The van der Waals surface area contributed by atoms with E-state index in [1.807, 2.05) is 0 Å².